The van der Waals surface area contributed by atoms with E-state index in [1.165, 1.54) is 12.1 Å². The molecule has 1 fully saturated rings. The Kier molecular flexibility index (Phi) is 4.01. The van der Waals surface area contributed by atoms with Crippen molar-refractivity contribution in [2.45, 2.75) is 18.8 Å². The Balaban J connectivity index is 1.71. The van der Waals surface area contributed by atoms with Crippen molar-refractivity contribution in [3.05, 3.63) is 70.6 Å². The minimum atomic E-state index is -0.344. The van der Waals surface area contributed by atoms with E-state index in [1.54, 1.807) is 36.4 Å². The molecule has 2 aromatic carbocycles. The van der Waals surface area contributed by atoms with Crippen LogP contribution in [-0.2, 0) is 0 Å². The summed E-state index contributed by atoms with van der Waals surface area (Å²) in [7, 11) is 0. The summed E-state index contributed by atoms with van der Waals surface area (Å²) in [4.78, 5) is 12.6. The lowest BCUT2D eigenvalue weighted by Crippen LogP contribution is -2.13. The molecule has 1 amide bonds. The first kappa shape index (κ1) is 15.8. The second kappa shape index (κ2) is 6.33. The molecule has 6 heteroatoms. The minimum Gasteiger partial charge on any atom is -0.319 e. The van der Waals surface area contributed by atoms with Gasteiger partial charge in [-0.1, -0.05) is 23.7 Å². The van der Waals surface area contributed by atoms with E-state index < -0.39 is 0 Å². The fraction of sp³-hybridized carbons (Fsp3) is 0.158. The van der Waals surface area contributed by atoms with Crippen molar-refractivity contribution >= 4 is 23.2 Å². The number of anilines is 1. The average Bonchev–Trinajstić information content (AvgIpc) is 3.36. The summed E-state index contributed by atoms with van der Waals surface area (Å²) in [5, 5.41) is 10.8. The van der Waals surface area contributed by atoms with E-state index in [0.717, 1.165) is 18.5 Å². The van der Waals surface area contributed by atoms with Gasteiger partial charge in [0.15, 0.2) is 0 Å². The number of aromatic nitrogens is 2. The lowest BCUT2D eigenvalue weighted by Gasteiger charge is -2.09. The molecule has 0 bridgehead atoms. The van der Waals surface area contributed by atoms with Gasteiger partial charge in [0.05, 0.1) is 11.4 Å². The molecule has 4 nitrogen and oxygen atoms in total. The highest BCUT2D eigenvalue weighted by molar-refractivity contribution is 6.30. The van der Waals surface area contributed by atoms with Crippen LogP contribution in [0.5, 0.6) is 0 Å². The number of carbonyl (C=O) groups excluding carboxylic acids is 1. The van der Waals surface area contributed by atoms with Crippen LogP contribution >= 0.6 is 11.6 Å². The highest BCUT2D eigenvalue weighted by atomic mass is 35.5. The molecule has 25 heavy (non-hydrogen) atoms. The van der Waals surface area contributed by atoms with Crippen LogP contribution < -0.4 is 5.32 Å². The highest BCUT2D eigenvalue weighted by Gasteiger charge is 2.31. The number of nitrogens with one attached hydrogen (secondary N) is 2. The standard InChI is InChI=1S/C19H15ClFN3O/c20-14-8-6-12(7-9-14)19(25)22-18-16(11-4-5-11)23-24-17(18)13-2-1-3-15(21)10-13/h1-3,6-11H,4-5H2,(H,22,25)(H,23,24). The Labute approximate surface area is 149 Å². The van der Waals surface area contributed by atoms with Crippen LogP contribution in [0.1, 0.15) is 34.8 Å². The molecule has 126 valence electrons. The molecule has 0 saturated heterocycles. The van der Waals surface area contributed by atoms with Crippen molar-refractivity contribution in [1.29, 1.82) is 0 Å². The van der Waals surface area contributed by atoms with Crippen LogP contribution in [0.3, 0.4) is 0 Å². The van der Waals surface area contributed by atoms with E-state index in [9.17, 15) is 9.18 Å². The van der Waals surface area contributed by atoms with E-state index in [1.807, 2.05) is 0 Å². The van der Waals surface area contributed by atoms with Gasteiger partial charge in [-0.05, 0) is 49.2 Å². The van der Waals surface area contributed by atoms with E-state index >= 15 is 0 Å². The maximum atomic E-state index is 13.6. The number of rotatable bonds is 4. The van der Waals surface area contributed by atoms with Gasteiger partial charge in [-0.25, -0.2) is 4.39 Å². The van der Waals surface area contributed by atoms with Crippen molar-refractivity contribution in [2.24, 2.45) is 0 Å². The van der Waals surface area contributed by atoms with Crippen molar-refractivity contribution < 1.29 is 9.18 Å². The van der Waals surface area contributed by atoms with Gasteiger partial charge in [0.2, 0.25) is 0 Å². The molecular weight excluding hydrogens is 341 g/mol. The summed E-state index contributed by atoms with van der Waals surface area (Å²) in [5.74, 6) is -0.239. The van der Waals surface area contributed by atoms with Crippen LogP contribution in [-0.4, -0.2) is 16.1 Å². The number of benzene rings is 2. The third-order valence-corrected chi connectivity index (χ3v) is 4.47. The minimum absolute atomic E-state index is 0.252. The van der Waals surface area contributed by atoms with Gasteiger partial charge in [0.1, 0.15) is 11.5 Å². The van der Waals surface area contributed by atoms with Crippen LogP contribution in [0.25, 0.3) is 11.3 Å². The quantitative estimate of drug-likeness (QED) is 0.692. The van der Waals surface area contributed by atoms with Crippen LogP contribution in [0.4, 0.5) is 10.1 Å². The molecule has 0 spiro atoms. The number of aromatic amines is 1. The zero-order chi connectivity index (χ0) is 17.4. The molecule has 0 aliphatic heterocycles. The van der Waals surface area contributed by atoms with Gasteiger partial charge < -0.3 is 5.32 Å². The third kappa shape index (κ3) is 3.28. The predicted molar refractivity (Wildman–Crippen MR) is 95.4 cm³/mol. The summed E-state index contributed by atoms with van der Waals surface area (Å²) < 4.78 is 13.6. The molecule has 1 saturated carbocycles. The number of H-pyrrole nitrogens is 1. The lowest BCUT2D eigenvalue weighted by atomic mass is 10.1. The van der Waals surface area contributed by atoms with Gasteiger partial charge in [-0.2, -0.15) is 5.10 Å². The zero-order valence-electron chi connectivity index (χ0n) is 13.2. The topological polar surface area (TPSA) is 57.8 Å². The molecule has 1 aliphatic rings. The van der Waals surface area contributed by atoms with E-state index in [2.05, 4.69) is 15.5 Å². The predicted octanol–water partition coefficient (Wildman–Crippen LogP) is 5.00. The Bertz CT molecular complexity index is 932. The molecular formula is C19H15ClFN3O. The summed E-state index contributed by atoms with van der Waals surface area (Å²) in [6.07, 6.45) is 2.10. The maximum Gasteiger partial charge on any atom is 0.255 e. The molecule has 0 atom stereocenters. The largest absolute Gasteiger partial charge is 0.319 e. The maximum absolute atomic E-state index is 13.6. The fourth-order valence-electron chi connectivity index (χ4n) is 2.78. The average molecular weight is 356 g/mol. The molecule has 1 aromatic heterocycles. The highest BCUT2D eigenvalue weighted by Crippen LogP contribution is 2.45. The van der Waals surface area contributed by atoms with Gasteiger partial charge in [-0.3, -0.25) is 9.89 Å². The summed E-state index contributed by atoms with van der Waals surface area (Å²) in [5.41, 5.74) is 3.17. The Morgan fingerprint density at radius 2 is 1.96 bits per heavy atom. The van der Waals surface area contributed by atoms with Crippen molar-refractivity contribution in [2.75, 3.05) is 5.32 Å². The molecule has 1 heterocycles. The van der Waals surface area contributed by atoms with E-state index in [4.69, 9.17) is 11.6 Å². The number of hydrogen-bond acceptors (Lipinski definition) is 2. The summed E-state index contributed by atoms with van der Waals surface area (Å²) in [6, 6.07) is 12.8. The molecule has 1 aliphatic carbocycles. The fourth-order valence-corrected chi connectivity index (χ4v) is 2.91. The second-order valence-corrected chi connectivity index (χ2v) is 6.54. The molecule has 4 rings (SSSR count). The van der Waals surface area contributed by atoms with Gasteiger partial charge in [0, 0.05) is 22.1 Å². The number of hydrogen-bond donors (Lipinski definition) is 2. The second-order valence-electron chi connectivity index (χ2n) is 6.11. The van der Waals surface area contributed by atoms with E-state index in [-0.39, 0.29) is 11.7 Å². The Morgan fingerprint density at radius 1 is 1.20 bits per heavy atom. The first-order valence-corrected chi connectivity index (χ1v) is 8.41. The first-order valence-electron chi connectivity index (χ1n) is 8.03. The number of nitrogens with zero attached hydrogens (tertiary/aromatic N) is 1. The SMILES string of the molecule is O=C(Nc1c(-c2cccc(F)c2)n[nH]c1C1CC1)c1ccc(Cl)cc1. The summed E-state index contributed by atoms with van der Waals surface area (Å²) >= 11 is 5.87. The van der Waals surface area contributed by atoms with Crippen LogP contribution in [0.2, 0.25) is 5.02 Å². The van der Waals surface area contributed by atoms with E-state index in [0.29, 0.717) is 33.4 Å². The smallest absolute Gasteiger partial charge is 0.255 e. The summed E-state index contributed by atoms with van der Waals surface area (Å²) in [6.45, 7) is 0. The third-order valence-electron chi connectivity index (χ3n) is 4.22. The Morgan fingerprint density at radius 3 is 2.64 bits per heavy atom. The molecule has 3 aromatic rings. The number of halogens is 2. The van der Waals surface area contributed by atoms with Gasteiger partial charge in [0.25, 0.3) is 5.91 Å². The normalized spacial score (nSPS) is 13.7. The Hall–Kier alpha value is -2.66. The van der Waals surface area contributed by atoms with Crippen molar-refractivity contribution in [3.8, 4) is 11.3 Å². The number of amides is 1. The monoisotopic (exact) mass is 355 g/mol. The molecule has 0 unspecified atom stereocenters. The van der Waals surface area contributed by atoms with Gasteiger partial charge in [-0.15, -0.1) is 0 Å². The van der Waals surface area contributed by atoms with Gasteiger partial charge >= 0.3 is 0 Å². The van der Waals surface area contributed by atoms with Crippen molar-refractivity contribution in [3.63, 3.8) is 0 Å². The van der Waals surface area contributed by atoms with Crippen LogP contribution in [0.15, 0.2) is 48.5 Å². The number of carbonyl (C=O) groups is 1. The van der Waals surface area contributed by atoms with Crippen LogP contribution in [0, 0.1) is 5.82 Å². The molecule has 2 N–H and O–H groups in total. The molecule has 0 radical (unpaired) electrons. The zero-order valence-corrected chi connectivity index (χ0v) is 14.0. The first-order chi connectivity index (χ1) is 12.1. The van der Waals surface area contributed by atoms with Crippen molar-refractivity contribution in [1.82, 2.24) is 10.2 Å². The lowest BCUT2D eigenvalue weighted by molar-refractivity contribution is 0.102.